The largest absolute Gasteiger partial charge is 0.459 e. The highest BCUT2D eigenvalue weighted by Gasteiger charge is 2.09. The van der Waals surface area contributed by atoms with Gasteiger partial charge in [0.2, 0.25) is 0 Å². The van der Waals surface area contributed by atoms with Gasteiger partial charge in [-0.2, -0.15) is 0 Å². The predicted molar refractivity (Wildman–Crippen MR) is 60.4 cm³/mol. The molecule has 0 fully saturated rings. The van der Waals surface area contributed by atoms with Crippen molar-refractivity contribution in [2.24, 2.45) is 5.11 Å². The molecule has 0 aliphatic heterocycles. The molecule has 0 radical (unpaired) electrons. The summed E-state index contributed by atoms with van der Waals surface area (Å²) in [4.78, 5) is 14.2. The zero-order valence-corrected chi connectivity index (χ0v) is 9.25. The van der Waals surface area contributed by atoms with Crippen LogP contribution >= 0.6 is 0 Å². The summed E-state index contributed by atoms with van der Waals surface area (Å²) >= 11 is 0. The smallest absolute Gasteiger partial charge is 0.338 e. The average molecular weight is 219 g/mol. The quantitative estimate of drug-likeness (QED) is 0.336. The minimum absolute atomic E-state index is 0.0932. The lowest BCUT2D eigenvalue weighted by molar-refractivity contribution is 0.0334. The van der Waals surface area contributed by atoms with Crippen LogP contribution in [0.2, 0.25) is 0 Å². The first-order valence-corrected chi connectivity index (χ1v) is 5.03. The first-order valence-electron chi connectivity index (χ1n) is 5.03. The predicted octanol–water partition coefficient (Wildman–Crippen LogP) is 3.58. The van der Waals surface area contributed by atoms with Crippen LogP contribution in [0.4, 0.5) is 5.69 Å². The molecule has 1 unspecified atom stereocenters. The Balaban J connectivity index is 2.73. The van der Waals surface area contributed by atoms with Crippen LogP contribution in [0.25, 0.3) is 10.4 Å². The molecule has 1 rings (SSSR count). The number of azide groups is 1. The third-order valence-electron chi connectivity index (χ3n) is 2.15. The molecule has 0 aromatic heterocycles. The highest BCUT2D eigenvalue weighted by molar-refractivity contribution is 5.89. The molecule has 5 nitrogen and oxygen atoms in total. The van der Waals surface area contributed by atoms with Crippen molar-refractivity contribution in [3.05, 3.63) is 40.3 Å². The fourth-order valence-electron chi connectivity index (χ4n) is 1.05. The van der Waals surface area contributed by atoms with Crippen molar-refractivity contribution in [3.63, 3.8) is 0 Å². The molecule has 1 aromatic carbocycles. The number of hydrogen-bond acceptors (Lipinski definition) is 3. The summed E-state index contributed by atoms with van der Waals surface area (Å²) in [6, 6.07) is 6.31. The van der Waals surface area contributed by atoms with Gasteiger partial charge in [-0.25, -0.2) is 4.79 Å². The number of nitrogens with zero attached hydrogens (tertiary/aromatic N) is 3. The fraction of sp³-hybridized carbons (Fsp3) is 0.364. The molecule has 0 aliphatic carbocycles. The van der Waals surface area contributed by atoms with Crippen molar-refractivity contribution in [1.29, 1.82) is 0 Å². The molecular weight excluding hydrogens is 206 g/mol. The number of rotatable bonds is 4. The first kappa shape index (κ1) is 12.1. The van der Waals surface area contributed by atoms with Gasteiger partial charge in [0.25, 0.3) is 0 Å². The van der Waals surface area contributed by atoms with E-state index in [1.54, 1.807) is 24.3 Å². The molecule has 0 amide bonds. The van der Waals surface area contributed by atoms with E-state index in [2.05, 4.69) is 10.0 Å². The highest BCUT2D eigenvalue weighted by Crippen LogP contribution is 2.14. The Hall–Kier alpha value is -2.00. The zero-order valence-electron chi connectivity index (χ0n) is 9.25. The molecule has 0 aliphatic rings. The molecular formula is C11H13N3O2. The van der Waals surface area contributed by atoms with Crippen LogP contribution in [0.15, 0.2) is 29.4 Å². The lowest BCUT2D eigenvalue weighted by atomic mass is 10.2. The lowest BCUT2D eigenvalue weighted by Crippen LogP contribution is -2.13. The third kappa shape index (κ3) is 3.29. The van der Waals surface area contributed by atoms with Crippen LogP contribution in [-0.4, -0.2) is 12.1 Å². The number of benzene rings is 1. The Morgan fingerprint density at radius 3 is 2.62 bits per heavy atom. The van der Waals surface area contributed by atoms with E-state index in [4.69, 9.17) is 10.3 Å². The molecule has 1 aromatic rings. The summed E-state index contributed by atoms with van der Waals surface area (Å²) in [5, 5.41) is 3.41. The van der Waals surface area contributed by atoms with Crippen molar-refractivity contribution in [1.82, 2.24) is 0 Å². The van der Waals surface area contributed by atoms with E-state index in [0.717, 1.165) is 6.42 Å². The fourth-order valence-corrected chi connectivity index (χ4v) is 1.05. The van der Waals surface area contributed by atoms with Gasteiger partial charge in [-0.3, -0.25) is 0 Å². The zero-order chi connectivity index (χ0) is 12.0. The summed E-state index contributed by atoms with van der Waals surface area (Å²) in [7, 11) is 0. The van der Waals surface area contributed by atoms with E-state index in [1.165, 1.54) is 0 Å². The summed E-state index contributed by atoms with van der Waals surface area (Å²) in [6.45, 7) is 3.79. The second-order valence-corrected chi connectivity index (χ2v) is 3.36. The van der Waals surface area contributed by atoms with E-state index in [1.807, 2.05) is 13.8 Å². The Kier molecular flexibility index (Phi) is 4.36. The monoisotopic (exact) mass is 219 g/mol. The minimum atomic E-state index is -0.359. The van der Waals surface area contributed by atoms with E-state index in [-0.39, 0.29) is 12.1 Å². The van der Waals surface area contributed by atoms with Crippen LogP contribution in [0.5, 0.6) is 0 Å². The molecule has 0 saturated heterocycles. The van der Waals surface area contributed by atoms with Gasteiger partial charge in [-0.1, -0.05) is 24.2 Å². The second-order valence-electron chi connectivity index (χ2n) is 3.36. The Bertz CT molecular complexity index is 408. The van der Waals surface area contributed by atoms with E-state index in [9.17, 15) is 4.79 Å². The number of hydrogen-bond donors (Lipinski definition) is 0. The van der Waals surface area contributed by atoms with Crippen molar-refractivity contribution in [3.8, 4) is 0 Å². The highest BCUT2D eigenvalue weighted by atomic mass is 16.5. The van der Waals surface area contributed by atoms with Gasteiger partial charge < -0.3 is 4.74 Å². The second kappa shape index (κ2) is 5.78. The normalized spacial score (nSPS) is 11.4. The average Bonchev–Trinajstić information content (AvgIpc) is 2.30. The molecule has 1 atom stereocenters. The first-order chi connectivity index (χ1) is 7.67. The number of carbonyl (C=O) groups is 1. The van der Waals surface area contributed by atoms with Gasteiger partial charge in [-0.05, 0) is 31.0 Å². The molecule has 84 valence electrons. The SMILES string of the molecule is CCC(C)OC(=O)c1ccc(N=[N+]=[N-])cc1. The molecule has 0 spiro atoms. The number of ether oxygens (including phenoxy) is 1. The van der Waals surface area contributed by atoms with Crippen LogP contribution in [0, 0.1) is 0 Å². The maximum atomic E-state index is 11.6. The van der Waals surface area contributed by atoms with Crippen LogP contribution in [0.1, 0.15) is 30.6 Å². The standard InChI is InChI=1S/C11H13N3O2/c1-3-8(2)16-11(15)9-4-6-10(7-5-9)13-14-12/h4-8H,3H2,1-2H3. The van der Waals surface area contributed by atoms with Crippen molar-refractivity contribution in [2.45, 2.75) is 26.4 Å². The molecule has 0 heterocycles. The van der Waals surface area contributed by atoms with E-state index >= 15 is 0 Å². The maximum Gasteiger partial charge on any atom is 0.338 e. The van der Waals surface area contributed by atoms with Crippen molar-refractivity contribution < 1.29 is 9.53 Å². The Morgan fingerprint density at radius 1 is 1.50 bits per heavy atom. The van der Waals surface area contributed by atoms with Gasteiger partial charge in [0.05, 0.1) is 11.7 Å². The summed E-state index contributed by atoms with van der Waals surface area (Å²) < 4.78 is 5.14. The van der Waals surface area contributed by atoms with Gasteiger partial charge in [-0.15, -0.1) is 0 Å². The molecule has 0 saturated carbocycles. The number of esters is 1. The van der Waals surface area contributed by atoms with Gasteiger partial charge in [0.1, 0.15) is 0 Å². The van der Waals surface area contributed by atoms with E-state index < -0.39 is 0 Å². The van der Waals surface area contributed by atoms with Gasteiger partial charge in [0.15, 0.2) is 0 Å². The Labute approximate surface area is 93.7 Å². The summed E-state index contributed by atoms with van der Waals surface area (Å²) in [5.41, 5.74) is 9.15. The molecule has 0 bridgehead atoms. The molecule has 16 heavy (non-hydrogen) atoms. The summed E-state index contributed by atoms with van der Waals surface area (Å²) in [6.07, 6.45) is 0.687. The minimum Gasteiger partial charge on any atom is -0.459 e. The van der Waals surface area contributed by atoms with Crippen molar-refractivity contribution in [2.75, 3.05) is 0 Å². The topological polar surface area (TPSA) is 75.1 Å². The maximum absolute atomic E-state index is 11.6. The number of carbonyl (C=O) groups excluding carboxylic acids is 1. The van der Waals surface area contributed by atoms with Gasteiger partial charge in [0, 0.05) is 10.6 Å². The third-order valence-corrected chi connectivity index (χ3v) is 2.15. The molecule has 5 heteroatoms. The lowest BCUT2D eigenvalue weighted by Gasteiger charge is -2.10. The summed E-state index contributed by atoms with van der Waals surface area (Å²) in [5.74, 6) is -0.359. The Morgan fingerprint density at radius 2 is 2.12 bits per heavy atom. The van der Waals surface area contributed by atoms with E-state index in [0.29, 0.717) is 11.3 Å². The van der Waals surface area contributed by atoms with Crippen LogP contribution in [0.3, 0.4) is 0 Å². The molecule has 0 N–H and O–H groups in total. The van der Waals surface area contributed by atoms with Crippen LogP contribution in [-0.2, 0) is 4.74 Å². The van der Waals surface area contributed by atoms with Gasteiger partial charge >= 0.3 is 5.97 Å². The van der Waals surface area contributed by atoms with Crippen molar-refractivity contribution >= 4 is 11.7 Å². The van der Waals surface area contributed by atoms with Crippen LogP contribution < -0.4 is 0 Å².